The van der Waals surface area contributed by atoms with Gasteiger partial charge < -0.3 is 34.0 Å². The third kappa shape index (κ3) is 11.4. The van der Waals surface area contributed by atoms with Crippen molar-refractivity contribution < 1.29 is 32.5 Å². The number of nitrogens with zero attached hydrogens (tertiary/aromatic N) is 5. The first-order chi connectivity index (χ1) is 34.6. The summed E-state index contributed by atoms with van der Waals surface area (Å²) in [6.07, 6.45) is 3.96. The van der Waals surface area contributed by atoms with Gasteiger partial charge in [-0.05, 0) is 148 Å². The molecule has 16 heteroatoms. The van der Waals surface area contributed by atoms with Gasteiger partial charge in [0, 0.05) is 95.6 Å². The number of rotatable bonds is 17. The number of hydrogen-bond acceptors (Lipinski definition) is 10. The molecular weight excluding hydrogens is 985 g/mol. The van der Waals surface area contributed by atoms with Crippen LogP contribution in [0, 0.1) is 12.8 Å². The quantitative estimate of drug-likeness (QED) is 0.0665. The predicted molar refractivity (Wildman–Crippen MR) is 294 cm³/mol. The largest absolute Gasteiger partial charge is 0.478 e. The van der Waals surface area contributed by atoms with Gasteiger partial charge in [0.25, 0.3) is 0 Å². The lowest BCUT2D eigenvalue weighted by Gasteiger charge is -2.37. The summed E-state index contributed by atoms with van der Waals surface area (Å²) < 4.78 is 52.1. The van der Waals surface area contributed by atoms with Crippen LogP contribution in [0.4, 0.5) is 17.1 Å². The molecule has 3 saturated heterocycles. The minimum atomic E-state index is -3.70. The SMILES string of the molecule is Cc1c(C(=O)O)c(-c2cccc(N3CCN(c4ccc(N5CCOP5(=O)c5ccc(C[C@H](CCN6CCC(O)CC6)CSc6ccccc6)c(S(C)(=O)=O)c5)cc4)CC3)c2)c(-c2ccc(Cl)cc2)n1C(C)C. The summed E-state index contributed by atoms with van der Waals surface area (Å²) in [6, 6.07) is 39.3. The highest BCUT2D eigenvalue weighted by Crippen LogP contribution is 2.56. The van der Waals surface area contributed by atoms with Crippen molar-refractivity contribution in [2.24, 2.45) is 5.92 Å². The lowest BCUT2D eigenvalue weighted by atomic mass is 9.96. The number of carbonyl (C=O) groups is 1. The molecule has 0 saturated carbocycles. The molecule has 4 heterocycles. The zero-order valence-electron chi connectivity index (χ0n) is 41.5. The molecule has 72 heavy (non-hydrogen) atoms. The van der Waals surface area contributed by atoms with Crippen molar-refractivity contribution in [1.29, 1.82) is 0 Å². The molecule has 0 bridgehead atoms. The fraction of sp³-hybridized carbons (Fsp3) is 0.375. The molecule has 3 aliphatic rings. The second-order valence-corrected chi connectivity index (χ2v) is 25.4. The van der Waals surface area contributed by atoms with Gasteiger partial charge >= 0.3 is 13.5 Å². The normalized spacial score (nSPS) is 18.6. The Morgan fingerprint density at radius 1 is 0.806 bits per heavy atom. The molecule has 1 unspecified atom stereocenters. The van der Waals surface area contributed by atoms with Crippen molar-refractivity contribution in [3.05, 3.63) is 143 Å². The molecule has 2 atom stereocenters. The zero-order valence-corrected chi connectivity index (χ0v) is 44.8. The van der Waals surface area contributed by atoms with Crippen LogP contribution < -0.4 is 19.8 Å². The molecule has 5 aromatic carbocycles. The van der Waals surface area contributed by atoms with E-state index >= 15 is 4.57 Å². The van der Waals surface area contributed by atoms with Crippen LogP contribution in [-0.4, -0.2) is 111 Å². The van der Waals surface area contributed by atoms with E-state index in [1.165, 1.54) is 11.2 Å². The summed E-state index contributed by atoms with van der Waals surface area (Å²) in [6.45, 7) is 12.2. The number of halogens is 1. The Labute approximate surface area is 434 Å². The van der Waals surface area contributed by atoms with Gasteiger partial charge in [-0.1, -0.05) is 60.1 Å². The summed E-state index contributed by atoms with van der Waals surface area (Å²) in [4.78, 5) is 21.4. The van der Waals surface area contributed by atoms with E-state index in [0.717, 1.165) is 110 Å². The number of sulfone groups is 1. The van der Waals surface area contributed by atoms with Gasteiger partial charge in [-0.25, -0.2) is 13.2 Å². The summed E-state index contributed by atoms with van der Waals surface area (Å²) in [5.74, 6) is 0.0327. The van der Waals surface area contributed by atoms with Crippen LogP contribution >= 0.6 is 30.9 Å². The minimum absolute atomic E-state index is 0.0194. The Balaban J connectivity index is 0.896. The monoisotopic (exact) mass is 1050 g/mol. The molecule has 0 spiro atoms. The lowest BCUT2D eigenvalue weighted by molar-refractivity contribution is 0.0696. The predicted octanol–water partition coefficient (Wildman–Crippen LogP) is 10.9. The fourth-order valence-corrected chi connectivity index (χ4v) is 15.2. The molecule has 3 fully saturated rings. The lowest BCUT2D eigenvalue weighted by Crippen LogP contribution is -2.46. The van der Waals surface area contributed by atoms with Crippen molar-refractivity contribution >= 4 is 69.1 Å². The number of aliphatic hydroxyl groups excluding tert-OH is 1. The first-order valence-electron chi connectivity index (χ1n) is 25.0. The average molecular weight is 1050 g/mol. The van der Waals surface area contributed by atoms with Crippen LogP contribution in [0.1, 0.15) is 60.8 Å². The maximum absolute atomic E-state index is 15.0. The van der Waals surface area contributed by atoms with E-state index in [0.29, 0.717) is 40.1 Å². The number of benzene rings is 5. The zero-order chi connectivity index (χ0) is 50.7. The number of aromatic nitrogens is 1. The topological polar surface area (TPSA) is 136 Å². The second-order valence-electron chi connectivity index (χ2n) is 19.6. The van der Waals surface area contributed by atoms with Gasteiger partial charge in [0.1, 0.15) is 0 Å². The number of piperazine rings is 1. The van der Waals surface area contributed by atoms with Crippen LogP contribution in [-0.2, 0) is 25.3 Å². The van der Waals surface area contributed by atoms with Gasteiger partial charge in [-0.2, -0.15) is 0 Å². The Morgan fingerprint density at radius 3 is 2.12 bits per heavy atom. The number of aromatic carboxylic acids is 1. The third-order valence-electron chi connectivity index (χ3n) is 14.4. The standard InChI is InChI=1S/C56H65ClN5O7PS2/c1-39(2)62-40(3)53(56(64)65)54(55(62)42-13-16-45(57)17-14-42)44-9-8-10-48(36-44)60-31-29-59(30-32-60)46-18-20-47(21-19-46)61-33-34-69-70(61,66)50-22-15-43(52(37-50)72(4,67)68)35-41(38-71-51-11-6-5-7-12-51)23-26-58-27-24-49(63)25-28-58/h5-22,36-37,39,41,49,63H,23-35,38H2,1-4H3,(H,64,65)/t41-,70?/m0/s1. The van der Waals surface area contributed by atoms with Crippen LogP contribution in [0.15, 0.2) is 131 Å². The van der Waals surface area contributed by atoms with E-state index in [4.69, 9.17) is 16.1 Å². The average Bonchev–Trinajstić information content (AvgIpc) is 3.93. The summed E-state index contributed by atoms with van der Waals surface area (Å²) in [5, 5.41) is 21.6. The van der Waals surface area contributed by atoms with Crippen LogP contribution in [0.5, 0.6) is 0 Å². The second kappa shape index (κ2) is 22.2. The number of aliphatic hydroxyl groups is 1. The van der Waals surface area contributed by atoms with E-state index in [-0.39, 0.29) is 29.6 Å². The Bertz CT molecular complexity index is 3030. The summed E-state index contributed by atoms with van der Waals surface area (Å²) in [7, 11) is -7.37. The molecule has 12 nitrogen and oxygen atoms in total. The molecule has 6 aromatic rings. The van der Waals surface area contributed by atoms with Gasteiger partial charge in [0.2, 0.25) is 0 Å². The smallest absolute Gasteiger partial charge is 0.338 e. The molecule has 9 rings (SSSR count). The number of carboxylic acids is 1. The first kappa shape index (κ1) is 51.8. The summed E-state index contributed by atoms with van der Waals surface area (Å²) in [5.41, 5.74) is 7.79. The Morgan fingerprint density at radius 2 is 1.47 bits per heavy atom. The van der Waals surface area contributed by atoms with Crippen molar-refractivity contribution in [2.45, 2.75) is 68.4 Å². The van der Waals surface area contributed by atoms with Gasteiger partial charge in [-0.3, -0.25) is 9.24 Å². The number of likely N-dealkylation sites (tertiary alicyclic amines) is 1. The molecular formula is C56H65ClN5O7PS2. The van der Waals surface area contributed by atoms with Gasteiger partial charge in [0.15, 0.2) is 9.84 Å². The number of thioether (sulfide) groups is 1. The molecule has 1 aromatic heterocycles. The van der Waals surface area contributed by atoms with Crippen LogP contribution in [0.25, 0.3) is 22.4 Å². The van der Waals surface area contributed by atoms with Crippen LogP contribution in [0.3, 0.4) is 0 Å². The van der Waals surface area contributed by atoms with E-state index in [1.54, 1.807) is 28.6 Å². The number of anilines is 3. The van der Waals surface area contributed by atoms with Crippen molar-refractivity contribution in [2.75, 3.05) is 85.4 Å². The third-order valence-corrected chi connectivity index (χ3v) is 19.6. The fourth-order valence-electron chi connectivity index (χ4n) is 10.7. The maximum atomic E-state index is 15.0. The molecule has 0 radical (unpaired) electrons. The number of carboxylic acid groups (broad SMARTS) is 1. The van der Waals surface area contributed by atoms with E-state index < -0.39 is 23.3 Å². The van der Waals surface area contributed by atoms with Crippen molar-refractivity contribution in [3.8, 4) is 22.4 Å². The number of hydrogen-bond donors (Lipinski definition) is 2. The molecule has 0 amide bonds. The Hall–Kier alpha value is -5.05. The van der Waals surface area contributed by atoms with Crippen molar-refractivity contribution in [1.82, 2.24) is 9.47 Å². The molecule has 0 aliphatic carbocycles. The molecule has 380 valence electrons. The first-order valence-corrected chi connectivity index (χ1v) is 29.8. The minimum Gasteiger partial charge on any atom is -0.478 e. The number of piperidine rings is 1. The van der Waals surface area contributed by atoms with Gasteiger partial charge in [-0.15, -0.1) is 11.8 Å². The molecule has 3 aliphatic heterocycles. The van der Waals surface area contributed by atoms with E-state index in [9.17, 15) is 23.4 Å². The Kier molecular flexibility index (Phi) is 16.0. The van der Waals surface area contributed by atoms with E-state index in [1.807, 2.05) is 91.9 Å². The van der Waals surface area contributed by atoms with E-state index in [2.05, 4.69) is 57.4 Å². The van der Waals surface area contributed by atoms with Crippen molar-refractivity contribution in [3.63, 3.8) is 0 Å². The summed E-state index contributed by atoms with van der Waals surface area (Å²) >= 11 is 8.07. The van der Waals surface area contributed by atoms with Gasteiger partial charge in [0.05, 0.1) is 40.7 Å². The highest BCUT2D eigenvalue weighted by Gasteiger charge is 2.40. The highest BCUT2D eigenvalue weighted by molar-refractivity contribution is 7.99. The molecule has 2 N–H and O–H groups in total. The van der Waals surface area contributed by atoms with Crippen LogP contribution in [0.2, 0.25) is 5.02 Å². The maximum Gasteiger partial charge on any atom is 0.338 e. The highest BCUT2D eigenvalue weighted by atomic mass is 35.5.